The molecule has 0 aliphatic heterocycles. The van der Waals surface area contributed by atoms with Crippen LogP contribution in [0.5, 0.6) is 5.75 Å². The van der Waals surface area contributed by atoms with Crippen LogP contribution in [0.15, 0.2) is 0 Å². The van der Waals surface area contributed by atoms with Crippen molar-refractivity contribution in [2.45, 2.75) is 46.0 Å². The van der Waals surface area contributed by atoms with Gasteiger partial charge in [0.2, 0.25) is 0 Å². The van der Waals surface area contributed by atoms with E-state index in [-0.39, 0.29) is 12.3 Å². The van der Waals surface area contributed by atoms with Crippen LogP contribution in [0.1, 0.15) is 47.4 Å². The van der Waals surface area contributed by atoms with Crippen molar-refractivity contribution in [1.29, 1.82) is 0 Å². The molecule has 0 radical (unpaired) electrons. The molecule has 0 saturated heterocycles. The van der Waals surface area contributed by atoms with Crippen molar-refractivity contribution in [2.75, 3.05) is 7.11 Å². The van der Waals surface area contributed by atoms with E-state index < -0.39 is 5.97 Å². The maximum absolute atomic E-state index is 11.2. The molecule has 0 aromatic heterocycles. The number of benzene rings is 1. The monoisotopic (exact) mass is 296 g/mol. The first-order chi connectivity index (χ1) is 9.38. The maximum atomic E-state index is 11.2. The van der Waals surface area contributed by atoms with Gasteiger partial charge < -0.3 is 9.84 Å². The zero-order valence-electron chi connectivity index (χ0n) is 12.4. The first kappa shape index (κ1) is 15.2. The van der Waals surface area contributed by atoms with Gasteiger partial charge >= 0.3 is 5.97 Å². The van der Waals surface area contributed by atoms with Gasteiger partial charge in [0.25, 0.3) is 0 Å². The summed E-state index contributed by atoms with van der Waals surface area (Å²) in [6.07, 6.45) is 2.32. The second kappa shape index (κ2) is 5.65. The van der Waals surface area contributed by atoms with Crippen LogP contribution in [-0.4, -0.2) is 18.2 Å². The van der Waals surface area contributed by atoms with E-state index in [4.69, 9.17) is 16.3 Å². The molecule has 1 saturated carbocycles. The number of rotatable bonds is 5. The van der Waals surface area contributed by atoms with Crippen molar-refractivity contribution in [3.63, 3.8) is 0 Å². The molecule has 1 aliphatic rings. The van der Waals surface area contributed by atoms with E-state index in [0.717, 1.165) is 45.9 Å². The van der Waals surface area contributed by atoms with Crippen molar-refractivity contribution >= 4 is 17.6 Å². The van der Waals surface area contributed by atoms with Crippen molar-refractivity contribution in [1.82, 2.24) is 0 Å². The number of carboxylic acids is 1. The number of carbonyl (C=O) groups is 1. The Hall–Kier alpha value is -1.22. The minimum atomic E-state index is -0.766. The van der Waals surface area contributed by atoms with Crippen LogP contribution in [0.4, 0.5) is 0 Å². The fourth-order valence-corrected chi connectivity index (χ4v) is 3.25. The Morgan fingerprint density at radius 1 is 1.30 bits per heavy atom. The van der Waals surface area contributed by atoms with Crippen molar-refractivity contribution in [3.05, 3.63) is 27.3 Å². The lowest BCUT2D eigenvalue weighted by Crippen LogP contribution is -2.13. The normalized spacial score (nSPS) is 16.1. The molecule has 1 atom stereocenters. The second-order valence-electron chi connectivity index (χ2n) is 5.68. The van der Waals surface area contributed by atoms with E-state index in [1.54, 1.807) is 7.11 Å². The van der Waals surface area contributed by atoms with Gasteiger partial charge in [-0.15, -0.1) is 0 Å². The minimum Gasteiger partial charge on any atom is -0.496 e. The molecule has 110 valence electrons. The van der Waals surface area contributed by atoms with Gasteiger partial charge in [-0.05, 0) is 56.2 Å². The number of carboxylic acid groups (broad SMARTS) is 1. The average Bonchev–Trinajstić information content (AvgIpc) is 3.22. The first-order valence-corrected chi connectivity index (χ1v) is 7.31. The van der Waals surface area contributed by atoms with Crippen LogP contribution in [-0.2, 0) is 4.79 Å². The van der Waals surface area contributed by atoms with Gasteiger partial charge in [0.15, 0.2) is 0 Å². The predicted molar refractivity (Wildman–Crippen MR) is 79.9 cm³/mol. The smallest absolute Gasteiger partial charge is 0.303 e. The second-order valence-corrected chi connectivity index (χ2v) is 6.06. The lowest BCUT2D eigenvalue weighted by Gasteiger charge is -2.24. The summed E-state index contributed by atoms with van der Waals surface area (Å²) in [6.45, 7) is 5.91. The number of methoxy groups -OCH3 is 1. The topological polar surface area (TPSA) is 46.5 Å². The summed E-state index contributed by atoms with van der Waals surface area (Å²) in [5.41, 5.74) is 3.97. The summed E-state index contributed by atoms with van der Waals surface area (Å²) >= 11 is 6.42. The fourth-order valence-electron chi connectivity index (χ4n) is 3.01. The fraction of sp³-hybridized carbons (Fsp3) is 0.562. The Balaban J connectivity index is 2.61. The number of hydrogen-bond donors (Lipinski definition) is 1. The summed E-state index contributed by atoms with van der Waals surface area (Å²) in [7, 11) is 1.64. The van der Waals surface area contributed by atoms with Crippen LogP contribution in [0.25, 0.3) is 0 Å². The zero-order valence-corrected chi connectivity index (χ0v) is 13.2. The SMILES string of the molecule is COc1c(C)c(C)c(Cl)c(C)c1C(CC(=O)O)C1CC1. The molecule has 3 nitrogen and oxygen atoms in total. The molecule has 4 heteroatoms. The summed E-state index contributed by atoms with van der Waals surface area (Å²) in [5, 5.41) is 9.93. The largest absolute Gasteiger partial charge is 0.496 e. The van der Waals surface area contributed by atoms with Crippen LogP contribution in [0.3, 0.4) is 0 Å². The van der Waals surface area contributed by atoms with Crippen LogP contribution in [0.2, 0.25) is 5.02 Å². The summed E-state index contributed by atoms with van der Waals surface area (Å²) in [4.78, 5) is 11.2. The van der Waals surface area contributed by atoms with E-state index in [9.17, 15) is 9.90 Å². The Morgan fingerprint density at radius 2 is 1.90 bits per heavy atom. The minimum absolute atomic E-state index is 0.000694. The summed E-state index contributed by atoms with van der Waals surface area (Å²) < 4.78 is 5.58. The van der Waals surface area contributed by atoms with Gasteiger partial charge in [-0.3, -0.25) is 4.79 Å². The van der Waals surface area contributed by atoms with Crippen molar-refractivity contribution in [3.8, 4) is 5.75 Å². The third-order valence-corrected chi connectivity index (χ3v) is 4.94. The molecule has 1 unspecified atom stereocenters. The first-order valence-electron chi connectivity index (χ1n) is 6.93. The van der Waals surface area contributed by atoms with Gasteiger partial charge in [-0.1, -0.05) is 11.6 Å². The van der Waals surface area contributed by atoms with E-state index in [1.807, 2.05) is 20.8 Å². The van der Waals surface area contributed by atoms with Gasteiger partial charge in [0.1, 0.15) is 5.75 Å². The molecule has 0 spiro atoms. The molecule has 1 N–H and O–H groups in total. The Kier molecular flexibility index (Phi) is 4.28. The number of halogens is 1. The molecule has 0 bridgehead atoms. The number of hydrogen-bond acceptors (Lipinski definition) is 2. The predicted octanol–water partition coefficient (Wildman–Crippen LogP) is 4.24. The number of aliphatic carboxylic acids is 1. The Bertz CT molecular complexity index is 547. The highest BCUT2D eigenvalue weighted by Crippen LogP contribution is 2.50. The highest BCUT2D eigenvalue weighted by Gasteiger charge is 2.37. The highest BCUT2D eigenvalue weighted by atomic mass is 35.5. The molecule has 0 amide bonds. The third kappa shape index (κ3) is 2.64. The van der Waals surface area contributed by atoms with E-state index >= 15 is 0 Å². The standard InChI is InChI=1S/C16H21ClO3/c1-8-9(2)16(20-4)14(10(3)15(8)17)12(7-13(18)19)11-5-6-11/h11-12H,5-7H2,1-4H3,(H,18,19). The van der Waals surface area contributed by atoms with Crippen LogP contribution < -0.4 is 4.74 Å². The maximum Gasteiger partial charge on any atom is 0.303 e. The molecular formula is C16H21ClO3. The molecule has 1 aromatic rings. The van der Waals surface area contributed by atoms with Gasteiger partial charge in [0, 0.05) is 16.5 Å². The number of ether oxygens (including phenoxy) is 1. The van der Waals surface area contributed by atoms with E-state index in [2.05, 4.69) is 0 Å². The van der Waals surface area contributed by atoms with E-state index in [1.165, 1.54) is 0 Å². The Labute approximate surface area is 124 Å². The lowest BCUT2D eigenvalue weighted by molar-refractivity contribution is -0.137. The highest BCUT2D eigenvalue weighted by molar-refractivity contribution is 6.32. The van der Waals surface area contributed by atoms with E-state index in [0.29, 0.717) is 5.92 Å². The van der Waals surface area contributed by atoms with Gasteiger partial charge in [0.05, 0.1) is 13.5 Å². The lowest BCUT2D eigenvalue weighted by atomic mass is 9.84. The van der Waals surface area contributed by atoms with Gasteiger partial charge in [-0.2, -0.15) is 0 Å². The van der Waals surface area contributed by atoms with Crippen molar-refractivity contribution < 1.29 is 14.6 Å². The molecule has 1 fully saturated rings. The quantitative estimate of drug-likeness (QED) is 0.884. The molecule has 1 aromatic carbocycles. The Morgan fingerprint density at radius 3 is 2.35 bits per heavy atom. The molecular weight excluding hydrogens is 276 g/mol. The van der Waals surface area contributed by atoms with Crippen molar-refractivity contribution in [2.24, 2.45) is 5.92 Å². The van der Waals surface area contributed by atoms with Gasteiger partial charge in [-0.25, -0.2) is 0 Å². The average molecular weight is 297 g/mol. The molecule has 20 heavy (non-hydrogen) atoms. The third-order valence-electron chi connectivity index (χ3n) is 4.37. The summed E-state index contributed by atoms with van der Waals surface area (Å²) in [6, 6.07) is 0. The molecule has 0 heterocycles. The molecule has 1 aliphatic carbocycles. The molecule has 2 rings (SSSR count). The zero-order chi connectivity index (χ0) is 15.0. The summed E-state index contributed by atoms with van der Waals surface area (Å²) in [5.74, 6) is 0.483. The van der Waals surface area contributed by atoms with Crippen LogP contribution in [0, 0.1) is 26.7 Å². The van der Waals surface area contributed by atoms with Crippen LogP contribution >= 0.6 is 11.6 Å².